The molecular formula is C16H22BrNO. The molecule has 2 atom stereocenters. The fraction of sp³-hybridized carbons (Fsp3) is 0.562. The van der Waals surface area contributed by atoms with Crippen molar-refractivity contribution in [3.8, 4) is 0 Å². The molecule has 1 saturated carbocycles. The van der Waals surface area contributed by atoms with Crippen molar-refractivity contribution in [3.05, 3.63) is 35.9 Å². The van der Waals surface area contributed by atoms with Crippen LogP contribution < -0.4 is 5.32 Å². The van der Waals surface area contributed by atoms with Crippen LogP contribution in [0.2, 0.25) is 0 Å². The highest BCUT2D eigenvalue weighted by Crippen LogP contribution is 2.47. The third kappa shape index (κ3) is 4.64. The van der Waals surface area contributed by atoms with Gasteiger partial charge in [-0.25, -0.2) is 0 Å². The fourth-order valence-corrected chi connectivity index (χ4v) is 2.87. The first kappa shape index (κ1) is 14.6. The maximum atomic E-state index is 12.0. The number of amides is 1. The van der Waals surface area contributed by atoms with Gasteiger partial charge in [0.2, 0.25) is 5.91 Å². The van der Waals surface area contributed by atoms with Gasteiger partial charge in [-0.3, -0.25) is 4.79 Å². The fourth-order valence-electron chi connectivity index (χ4n) is 2.47. The largest absolute Gasteiger partial charge is 0.356 e. The average Bonchev–Trinajstić information content (AvgIpc) is 3.24. The van der Waals surface area contributed by atoms with Gasteiger partial charge >= 0.3 is 0 Å². The normalized spacial score (nSPS) is 21.1. The zero-order valence-electron chi connectivity index (χ0n) is 11.3. The second-order valence-electron chi connectivity index (χ2n) is 5.25. The monoisotopic (exact) mass is 323 g/mol. The molecule has 2 rings (SSSR count). The van der Waals surface area contributed by atoms with Gasteiger partial charge in [0.15, 0.2) is 0 Å². The lowest BCUT2D eigenvalue weighted by Crippen LogP contribution is -2.26. The summed E-state index contributed by atoms with van der Waals surface area (Å²) in [6, 6.07) is 10.4. The van der Waals surface area contributed by atoms with E-state index in [0.29, 0.717) is 5.92 Å². The van der Waals surface area contributed by atoms with E-state index in [1.165, 1.54) is 24.8 Å². The molecule has 1 fully saturated rings. The molecule has 0 aliphatic heterocycles. The third-order valence-electron chi connectivity index (χ3n) is 3.71. The van der Waals surface area contributed by atoms with E-state index in [-0.39, 0.29) is 11.8 Å². The van der Waals surface area contributed by atoms with Crippen molar-refractivity contribution in [2.24, 2.45) is 5.92 Å². The van der Waals surface area contributed by atoms with Crippen LogP contribution in [0, 0.1) is 5.92 Å². The number of carbonyl (C=O) groups excluding carboxylic acids is 1. The van der Waals surface area contributed by atoms with Gasteiger partial charge in [0.05, 0.1) is 0 Å². The van der Waals surface area contributed by atoms with E-state index in [2.05, 4.69) is 33.4 Å². The number of rotatable bonds is 8. The molecule has 0 radical (unpaired) electrons. The van der Waals surface area contributed by atoms with E-state index < -0.39 is 0 Å². The molecule has 2 unspecified atom stereocenters. The van der Waals surface area contributed by atoms with E-state index in [9.17, 15) is 4.79 Å². The second kappa shape index (κ2) is 7.68. The summed E-state index contributed by atoms with van der Waals surface area (Å²) in [6.45, 7) is 0.832. The zero-order valence-corrected chi connectivity index (χ0v) is 12.9. The van der Waals surface area contributed by atoms with Gasteiger partial charge in [-0.2, -0.15) is 0 Å². The van der Waals surface area contributed by atoms with E-state index >= 15 is 0 Å². The van der Waals surface area contributed by atoms with Crippen LogP contribution >= 0.6 is 15.9 Å². The Morgan fingerprint density at radius 1 is 1.16 bits per heavy atom. The number of carbonyl (C=O) groups is 1. The number of hydrogen-bond donors (Lipinski definition) is 1. The molecule has 1 amide bonds. The Morgan fingerprint density at radius 2 is 1.89 bits per heavy atom. The SMILES string of the molecule is O=C(NCCCCCCBr)C1CC1c1ccccc1. The van der Waals surface area contributed by atoms with Gasteiger partial charge in [0.25, 0.3) is 0 Å². The Labute approximate surface area is 124 Å². The zero-order chi connectivity index (χ0) is 13.5. The topological polar surface area (TPSA) is 29.1 Å². The summed E-state index contributed by atoms with van der Waals surface area (Å²) in [7, 11) is 0. The predicted octanol–water partition coefficient (Wildman–Crippen LogP) is 3.86. The maximum Gasteiger partial charge on any atom is 0.223 e. The third-order valence-corrected chi connectivity index (χ3v) is 4.28. The summed E-state index contributed by atoms with van der Waals surface area (Å²) >= 11 is 3.43. The van der Waals surface area contributed by atoms with Crippen LogP contribution in [0.4, 0.5) is 0 Å². The van der Waals surface area contributed by atoms with Crippen molar-refractivity contribution in [1.82, 2.24) is 5.32 Å². The van der Waals surface area contributed by atoms with Crippen molar-refractivity contribution in [1.29, 1.82) is 0 Å². The van der Waals surface area contributed by atoms with Crippen LogP contribution in [-0.4, -0.2) is 17.8 Å². The summed E-state index contributed by atoms with van der Waals surface area (Å²) in [5, 5.41) is 4.15. The minimum atomic E-state index is 0.213. The molecule has 1 N–H and O–H groups in total. The van der Waals surface area contributed by atoms with Gasteiger partial charge in [0, 0.05) is 17.8 Å². The van der Waals surface area contributed by atoms with Crippen molar-refractivity contribution in [2.45, 2.75) is 38.0 Å². The number of nitrogens with one attached hydrogen (secondary N) is 1. The van der Waals surface area contributed by atoms with E-state index in [4.69, 9.17) is 0 Å². The first-order chi connectivity index (χ1) is 9.33. The number of hydrogen-bond acceptors (Lipinski definition) is 1. The highest BCUT2D eigenvalue weighted by atomic mass is 79.9. The number of alkyl halides is 1. The van der Waals surface area contributed by atoms with Gasteiger partial charge in [-0.05, 0) is 30.7 Å². The molecule has 0 saturated heterocycles. The van der Waals surface area contributed by atoms with E-state index in [1.807, 2.05) is 18.2 Å². The Morgan fingerprint density at radius 3 is 2.63 bits per heavy atom. The summed E-state index contributed by atoms with van der Waals surface area (Å²) in [5.74, 6) is 0.911. The van der Waals surface area contributed by atoms with Crippen molar-refractivity contribution in [3.63, 3.8) is 0 Å². The molecule has 0 aromatic heterocycles. The summed E-state index contributed by atoms with van der Waals surface area (Å²) in [6.07, 6.45) is 5.80. The van der Waals surface area contributed by atoms with Crippen LogP contribution in [0.15, 0.2) is 30.3 Å². The molecule has 3 heteroatoms. The van der Waals surface area contributed by atoms with Crippen LogP contribution in [0.1, 0.15) is 43.6 Å². The predicted molar refractivity (Wildman–Crippen MR) is 82.6 cm³/mol. The van der Waals surface area contributed by atoms with Crippen LogP contribution in [-0.2, 0) is 4.79 Å². The van der Waals surface area contributed by atoms with E-state index in [0.717, 1.165) is 24.7 Å². The molecule has 104 valence electrons. The Balaban J connectivity index is 1.61. The molecule has 2 nitrogen and oxygen atoms in total. The standard InChI is InChI=1S/C16H22BrNO/c17-10-6-1-2-7-11-18-16(19)15-12-14(15)13-8-4-3-5-9-13/h3-5,8-9,14-15H,1-2,6-7,10-12H2,(H,18,19). The second-order valence-corrected chi connectivity index (χ2v) is 6.05. The lowest BCUT2D eigenvalue weighted by molar-refractivity contribution is -0.122. The van der Waals surface area contributed by atoms with Gasteiger partial charge in [0.1, 0.15) is 0 Å². The van der Waals surface area contributed by atoms with Crippen molar-refractivity contribution < 1.29 is 4.79 Å². The number of unbranched alkanes of at least 4 members (excludes halogenated alkanes) is 3. The van der Waals surface area contributed by atoms with Gasteiger partial charge < -0.3 is 5.32 Å². The number of halogens is 1. The van der Waals surface area contributed by atoms with Crippen LogP contribution in [0.25, 0.3) is 0 Å². The summed E-state index contributed by atoms with van der Waals surface area (Å²) in [4.78, 5) is 12.0. The molecule has 0 spiro atoms. The molecule has 0 bridgehead atoms. The van der Waals surface area contributed by atoms with Crippen molar-refractivity contribution >= 4 is 21.8 Å². The quantitative estimate of drug-likeness (QED) is 0.571. The highest BCUT2D eigenvalue weighted by Gasteiger charge is 2.43. The Kier molecular flexibility index (Phi) is 5.90. The molecule has 0 heterocycles. The van der Waals surface area contributed by atoms with Crippen molar-refractivity contribution in [2.75, 3.05) is 11.9 Å². The first-order valence-electron chi connectivity index (χ1n) is 7.21. The van der Waals surface area contributed by atoms with Crippen LogP contribution in [0.3, 0.4) is 0 Å². The molecule has 19 heavy (non-hydrogen) atoms. The van der Waals surface area contributed by atoms with Crippen LogP contribution in [0.5, 0.6) is 0 Å². The van der Waals surface area contributed by atoms with E-state index in [1.54, 1.807) is 0 Å². The highest BCUT2D eigenvalue weighted by molar-refractivity contribution is 9.09. The molecular weight excluding hydrogens is 302 g/mol. The molecule has 1 aliphatic rings. The summed E-state index contributed by atoms with van der Waals surface area (Å²) in [5.41, 5.74) is 1.31. The lowest BCUT2D eigenvalue weighted by Gasteiger charge is -2.05. The summed E-state index contributed by atoms with van der Waals surface area (Å²) < 4.78 is 0. The molecule has 1 aromatic rings. The lowest BCUT2D eigenvalue weighted by atomic mass is 10.1. The van der Waals surface area contributed by atoms with Gasteiger partial charge in [-0.1, -0.05) is 59.1 Å². The average molecular weight is 324 g/mol. The Hall–Kier alpha value is -0.830. The smallest absolute Gasteiger partial charge is 0.223 e. The minimum absolute atomic E-state index is 0.213. The molecule has 1 aliphatic carbocycles. The molecule has 1 aromatic carbocycles. The first-order valence-corrected chi connectivity index (χ1v) is 8.33. The number of benzene rings is 1. The maximum absolute atomic E-state index is 12.0. The minimum Gasteiger partial charge on any atom is -0.356 e. The van der Waals surface area contributed by atoms with Gasteiger partial charge in [-0.15, -0.1) is 0 Å². The Bertz CT molecular complexity index is 393.